The van der Waals surface area contributed by atoms with Gasteiger partial charge < -0.3 is 9.38 Å². The summed E-state index contributed by atoms with van der Waals surface area (Å²) < 4.78 is 0.777. The van der Waals surface area contributed by atoms with Crippen molar-refractivity contribution in [1.29, 1.82) is 0 Å². The molecule has 3 heteroatoms. The van der Waals surface area contributed by atoms with Crippen LogP contribution in [0.2, 0.25) is 0 Å². The van der Waals surface area contributed by atoms with Crippen LogP contribution in [0.25, 0.3) is 0 Å². The van der Waals surface area contributed by atoms with Gasteiger partial charge in [0.2, 0.25) is 0 Å². The third-order valence-electron chi connectivity index (χ3n) is 4.74. The first kappa shape index (κ1) is 15.0. The molecule has 0 bridgehead atoms. The molecule has 3 nitrogen and oxygen atoms in total. The van der Waals surface area contributed by atoms with Crippen LogP contribution < -0.4 is 4.90 Å². The summed E-state index contributed by atoms with van der Waals surface area (Å²) >= 11 is 0. The van der Waals surface area contributed by atoms with Crippen molar-refractivity contribution in [2.45, 2.75) is 40.2 Å². The lowest BCUT2D eigenvalue weighted by Gasteiger charge is -2.33. The molecule has 20 heavy (non-hydrogen) atoms. The summed E-state index contributed by atoms with van der Waals surface area (Å²) in [6, 6.07) is 4.44. The lowest BCUT2D eigenvalue weighted by molar-refractivity contribution is -0.903. The van der Waals surface area contributed by atoms with Crippen LogP contribution >= 0.6 is 0 Å². The Morgan fingerprint density at radius 3 is 2.25 bits per heavy atom. The van der Waals surface area contributed by atoms with Gasteiger partial charge in [0.1, 0.15) is 0 Å². The Morgan fingerprint density at radius 2 is 1.75 bits per heavy atom. The molecule has 0 N–H and O–H groups in total. The molecule has 1 saturated heterocycles. The number of carbonyl (C=O) groups is 1. The number of amides is 1. The van der Waals surface area contributed by atoms with Gasteiger partial charge in [0.15, 0.2) is 6.04 Å². The Balaban J connectivity index is 2.36. The monoisotopic (exact) mass is 275 g/mol. The summed E-state index contributed by atoms with van der Waals surface area (Å²) in [6.07, 6.45) is 0.951. The standard InChI is InChI=1S/C17H27N2O/c1-7-19(5,6)15-8-9-18(17(15)20)16-13(3)10-12(2)11-14(16)4/h10-11,15H,7-9H2,1-6H3/q+1. The Morgan fingerprint density at radius 1 is 1.20 bits per heavy atom. The molecule has 0 saturated carbocycles. The molecule has 1 aliphatic heterocycles. The van der Waals surface area contributed by atoms with Gasteiger partial charge in [-0.05, 0) is 38.8 Å². The van der Waals surface area contributed by atoms with Crippen LogP contribution in [0.3, 0.4) is 0 Å². The minimum atomic E-state index is 0.0973. The van der Waals surface area contributed by atoms with Crippen LogP contribution in [0.1, 0.15) is 30.0 Å². The van der Waals surface area contributed by atoms with Crippen molar-refractivity contribution >= 4 is 11.6 Å². The van der Waals surface area contributed by atoms with E-state index in [1.807, 2.05) is 4.90 Å². The number of quaternary nitrogens is 1. The van der Waals surface area contributed by atoms with E-state index in [1.54, 1.807) is 0 Å². The molecule has 0 aliphatic carbocycles. The lowest BCUT2D eigenvalue weighted by Crippen LogP contribution is -2.52. The van der Waals surface area contributed by atoms with Gasteiger partial charge in [-0.2, -0.15) is 0 Å². The van der Waals surface area contributed by atoms with Crippen molar-refractivity contribution < 1.29 is 9.28 Å². The molecule has 1 aromatic carbocycles. The third-order valence-corrected chi connectivity index (χ3v) is 4.74. The van der Waals surface area contributed by atoms with Crippen molar-refractivity contribution in [3.63, 3.8) is 0 Å². The minimum Gasteiger partial charge on any atom is -0.318 e. The third kappa shape index (κ3) is 2.47. The lowest BCUT2D eigenvalue weighted by atomic mass is 10.0. The van der Waals surface area contributed by atoms with Crippen molar-refractivity contribution in [2.24, 2.45) is 0 Å². The van der Waals surface area contributed by atoms with E-state index in [4.69, 9.17) is 0 Å². The average molecular weight is 275 g/mol. The SMILES string of the molecule is CC[N+](C)(C)C1CCN(c2c(C)cc(C)cc2C)C1=O. The summed E-state index contributed by atoms with van der Waals surface area (Å²) in [7, 11) is 4.31. The number of likely N-dealkylation sites (N-methyl/N-ethyl adjacent to an activating group) is 1. The smallest absolute Gasteiger partial charge is 0.285 e. The largest absolute Gasteiger partial charge is 0.318 e. The van der Waals surface area contributed by atoms with E-state index in [0.717, 1.165) is 29.7 Å². The molecule has 0 radical (unpaired) electrons. The molecule has 1 heterocycles. The second-order valence-corrected chi connectivity index (χ2v) is 6.64. The fraction of sp³-hybridized carbons (Fsp3) is 0.588. The summed E-state index contributed by atoms with van der Waals surface area (Å²) in [5, 5.41) is 0. The van der Waals surface area contributed by atoms with Crippen molar-refractivity contribution in [1.82, 2.24) is 0 Å². The highest BCUT2D eigenvalue weighted by Crippen LogP contribution is 2.32. The van der Waals surface area contributed by atoms with Gasteiger partial charge >= 0.3 is 0 Å². The molecule has 1 fully saturated rings. The number of hydrogen-bond donors (Lipinski definition) is 0. The first-order valence-electron chi connectivity index (χ1n) is 7.50. The van der Waals surface area contributed by atoms with Crippen molar-refractivity contribution in [3.8, 4) is 0 Å². The maximum Gasteiger partial charge on any atom is 0.285 e. The molecule has 1 aromatic rings. The van der Waals surface area contributed by atoms with Gasteiger partial charge in [-0.15, -0.1) is 0 Å². The number of hydrogen-bond acceptors (Lipinski definition) is 1. The zero-order valence-electron chi connectivity index (χ0n) is 13.7. The number of carbonyl (C=O) groups excluding carboxylic acids is 1. The van der Waals surface area contributed by atoms with Gasteiger partial charge in [-0.25, -0.2) is 0 Å². The molecular formula is C17H27N2O+. The maximum atomic E-state index is 12.8. The predicted molar refractivity (Wildman–Crippen MR) is 84.1 cm³/mol. The molecule has 1 atom stereocenters. The number of rotatable bonds is 3. The molecule has 2 rings (SSSR count). The Kier molecular flexibility index (Phi) is 3.92. The minimum absolute atomic E-state index is 0.0973. The van der Waals surface area contributed by atoms with Gasteiger partial charge in [0, 0.05) is 18.7 Å². The fourth-order valence-corrected chi connectivity index (χ4v) is 3.35. The molecule has 1 aliphatic rings. The van der Waals surface area contributed by atoms with Gasteiger partial charge in [-0.1, -0.05) is 17.7 Å². The molecule has 1 unspecified atom stereocenters. The van der Waals surface area contributed by atoms with Crippen LogP contribution in [-0.2, 0) is 4.79 Å². The maximum absolute atomic E-state index is 12.8. The highest BCUT2D eigenvalue weighted by Gasteiger charge is 2.43. The topological polar surface area (TPSA) is 20.3 Å². The van der Waals surface area contributed by atoms with E-state index < -0.39 is 0 Å². The first-order chi connectivity index (χ1) is 9.27. The quantitative estimate of drug-likeness (QED) is 0.777. The normalized spacial score (nSPS) is 19.8. The van der Waals surface area contributed by atoms with Crippen LogP contribution in [0.4, 0.5) is 5.69 Å². The summed E-state index contributed by atoms with van der Waals surface area (Å²) in [5.41, 5.74) is 4.80. The highest BCUT2D eigenvalue weighted by atomic mass is 16.2. The Bertz CT molecular complexity index is 511. The van der Waals surface area contributed by atoms with Gasteiger partial charge in [-0.3, -0.25) is 4.79 Å². The zero-order chi connectivity index (χ0) is 15.1. The summed E-state index contributed by atoms with van der Waals surface area (Å²) in [6.45, 7) is 10.3. The molecule has 0 aromatic heterocycles. The van der Waals surface area contributed by atoms with E-state index in [0.29, 0.717) is 0 Å². The Hall–Kier alpha value is -1.35. The number of aryl methyl sites for hydroxylation is 3. The number of nitrogens with zero attached hydrogens (tertiary/aromatic N) is 2. The van der Waals surface area contributed by atoms with Crippen molar-refractivity contribution in [3.05, 3.63) is 28.8 Å². The molecular weight excluding hydrogens is 248 g/mol. The zero-order valence-corrected chi connectivity index (χ0v) is 13.7. The van der Waals surface area contributed by atoms with E-state index in [2.05, 4.69) is 53.9 Å². The summed E-state index contributed by atoms with van der Waals surface area (Å²) in [5.74, 6) is 0.284. The second kappa shape index (κ2) is 5.21. The molecule has 0 spiro atoms. The van der Waals surface area contributed by atoms with E-state index in [1.165, 1.54) is 16.7 Å². The van der Waals surface area contributed by atoms with E-state index in [-0.39, 0.29) is 11.9 Å². The van der Waals surface area contributed by atoms with Gasteiger partial charge in [0.05, 0.1) is 20.6 Å². The van der Waals surface area contributed by atoms with Crippen LogP contribution in [0.15, 0.2) is 12.1 Å². The second-order valence-electron chi connectivity index (χ2n) is 6.64. The Labute approximate surface area is 122 Å². The van der Waals surface area contributed by atoms with E-state index in [9.17, 15) is 4.79 Å². The highest BCUT2D eigenvalue weighted by molar-refractivity contribution is 6.00. The fourth-order valence-electron chi connectivity index (χ4n) is 3.35. The average Bonchev–Trinajstić information content (AvgIpc) is 2.71. The van der Waals surface area contributed by atoms with Crippen molar-refractivity contribution in [2.75, 3.05) is 32.1 Å². The number of benzene rings is 1. The molecule has 110 valence electrons. The molecule has 1 amide bonds. The van der Waals surface area contributed by atoms with E-state index >= 15 is 0 Å². The predicted octanol–water partition coefficient (Wildman–Crippen LogP) is 2.81. The van der Waals surface area contributed by atoms with Crippen LogP contribution in [0, 0.1) is 20.8 Å². The van der Waals surface area contributed by atoms with Crippen LogP contribution in [0.5, 0.6) is 0 Å². The summed E-state index contributed by atoms with van der Waals surface area (Å²) in [4.78, 5) is 14.8. The van der Waals surface area contributed by atoms with Gasteiger partial charge in [0.25, 0.3) is 5.91 Å². The first-order valence-corrected chi connectivity index (χ1v) is 7.50. The van der Waals surface area contributed by atoms with Crippen LogP contribution in [-0.4, -0.2) is 43.6 Å². The number of anilines is 1.